The maximum Gasteiger partial charge on any atom is 0.218 e. The topological polar surface area (TPSA) is 75.6 Å². The van der Waals surface area contributed by atoms with Crippen LogP contribution in [-0.2, 0) is 15.8 Å². The second-order valence-electron chi connectivity index (χ2n) is 7.36. The van der Waals surface area contributed by atoms with Gasteiger partial charge in [-0.2, -0.15) is 4.31 Å². The smallest absolute Gasteiger partial charge is 0.218 e. The summed E-state index contributed by atoms with van der Waals surface area (Å²) in [6.45, 7) is 4.65. The summed E-state index contributed by atoms with van der Waals surface area (Å²) >= 11 is 0. The van der Waals surface area contributed by atoms with Crippen LogP contribution in [0.4, 0.5) is 5.82 Å². The quantitative estimate of drug-likeness (QED) is 0.564. The van der Waals surface area contributed by atoms with Gasteiger partial charge in [-0.15, -0.1) is 10.2 Å². The lowest BCUT2D eigenvalue weighted by Gasteiger charge is -2.34. The number of piperazine rings is 1. The Kier molecular flexibility index (Phi) is 6.48. The average molecular weight is 439 g/mol. The van der Waals surface area contributed by atoms with Crippen LogP contribution in [0.5, 0.6) is 5.75 Å². The fourth-order valence-corrected chi connectivity index (χ4v) is 5.12. The number of sulfonamides is 1. The molecule has 31 heavy (non-hydrogen) atoms. The highest BCUT2D eigenvalue weighted by Gasteiger charge is 2.27. The molecular weight excluding hydrogens is 412 g/mol. The maximum absolute atomic E-state index is 12.7. The van der Waals surface area contributed by atoms with Crippen molar-refractivity contribution in [3.05, 3.63) is 72.3 Å². The van der Waals surface area contributed by atoms with E-state index in [-0.39, 0.29) is 5.75 Å². The van der Waals surface area contributed by atoms with E-state index in [2.05, 4.69) is 15.1 Å². The largest absolute Gasteiger partial charge is 0.494 e. The van der Waals surface area contributed by atoms with Gasteiger partial charge in [0.05, 0.1) is 18.1 Å². The van der Waals surface area contributed by atoms with E-state index in [0.717, 1.165) is 28.4 Å². The Balaban J connectivity index is 1.36. The van der Waals surface area contributed by atoms with Crippen molar-refractivity contribution in [2.45, 2.75) is 12.7 Å². The molecule has 0 aliphatic carbocycles. The van der Waals surface area contributed by atoms with Crippen molar-refractivity contribution in [3.63, 3.8) is 0 Å². The molecule has 0 spiro atoms. The maximum atomic E-state index is 12.7. The van der Waals surface area contributed by atoms with Gasteiger partial charge >= 0.3 is 0 Å². The normalized spacial score (nSPS) is 15.1. The van der Waals surface area contributed by atoms with Crippen molar-refractivity contribution in [1.82, 2.24) is 14.5 Å². The van der Waals surface area contributed by atoms with Crippen LogP contribution >= 0.6 is 0 Å². The van der Waals surface area contributed by atoms with Gasteiger partial charge in [-0.25, -0.2) is 8.42 Å². The summed E-state index contributed by atoms with van der Waals surface area (Å²) in [7, 11) is -3.33. The molecule has 0 saturated carbocycles. The SMILES string of the molecule is CCOc1ccc(-c2ccc(N3CCN(S(=O)(=O)Cc4ccccc4)CC3)nn2)cc1. The molecule has 1 saturated heterocycles. The van der Waals surface area contributed by atoms with Gasteiger partial charge in [-0.3, -0.25) is 0 Å². The van der Waals surface area contributed by atoms with Gasteiger partial charge in [0.25, 0.3) is 0 Å². The summed E-state index contributed by atoms with van der Waals surface area (Å²) in [4.78, 5) is 2.07. The molecule has 4 rings (SSSR count). The molecule has 1 aromatic heterocycles. The summed E-state index contributed by atoms with van der Waals surface area (Å²) < 4.78 is 32.5. The lowest BCUT2D eigenvalue weighted by molar-refractivity contribution is 0.340. The lowest BCUT2D eigenvalue weighted by Crippen LogP contribution is -2.49. The van der Waals surface area contributed by atoms with Gasteiger partial charge in [0, 0.05) is 31.7 Å². The Labute approximate surface area is 183 Å². The van der Waals surface area contributed by atoms with Crippen LogP contribution in [0.1, 0.15) is 12.5 Å². The number of nitrogens with zero attached hydrogens (tertiary/aromatic N) is 4. The molecule has 3 aromatic rings. The fraction of sp³-hybridized carbons (Fsp3) is 0.304. The minimum atomic E-state index is -3.33. The van der Waals surface area contributed by atoms with Crippen LogP contribution in [-0.4, -0.2) is 55.7 Å². The third kappa shape index (κ3) is 5.21. The van der Waals surface area contributed by atoms with E-state index in [1.807, 2.05) is 73.7 Å². The van der Waals surface area contributed by atoms with Crippen molar-refractivity contribution < 1.29 is 13.2 Å². The molecule has 0 amide bonds. The number of benzene rings is 2. The number of anilines is 1. The number of hydrogen-bond acceptors (Lipinski definition) is 6. The molecule has 2 heterocycles. The number of rotatable bonds is 7. The van der Waals surface area contributed by atoms with Crippen LogP contribution < -0.4 is 9.64 Å². The highest BCUT2D eigenvalue weighted by Crippen LogP contribution is 2.23. The van der Waals surface area contributed by atoms with Gasteiger partial charge in [-0.05, 0) is 48.9 Å². The van der Waals surface area contributed by atoms with Crippen molar-refractivity contribution in [2.24, 2.45) is 0 Å². The second-order valence-corrected chi connectivity index (χ2v) is 9.33. The first-order valence-electron chi connectivity index (χ1n) is 10.4. The minimum Gasteiger partial charge on any atom is -0.494 e. The first kappa shape index (κ1) is 21.3. The summed E-state index contributed by atoms with van der Waals surface area (Å²) in [5, 5.41) is 8.73. The van der Waals surface area contributed by atoms with Crippen molar-refractivity contribution in [3.8, 4) is 17.0 Å². The van der Waals surface area contributed by atoms with E-state index >= 15 is 0 Å². The first-order chi connectivity index (χ1) is 15.0. The van der Waals surface area contributed by atoms with Gasteiger partial charge in [0.15, 0.2) is 5.82 Å². The van der Waals surface area contributed by atoms with Crippen LogP contribution in [0.2, 0.25) is 0 Å². The van der Waals surface area contributed by atoms with Crippen LogP contribution in [0.3, 0.4) is 0 Å². The van der Waals surface area contributed by atoms with Crippen LogP contribution in [0.15, 0.2) is 66.7 Å². The van der Waals surface area contributed by atoms with Crippen molar-refractivity contribution >= 4 is 15.8 Å². The fourth-order valence-electron chi connectivity index (χ4n) is 3.61. The third-order valence-electron chi connectivity index (χ3n) is 5.26. The molecule has 0 radical (unpaired) electrons. The van der Waals surface area contributed by atoms with E-state index in [1.54, 1.807) is 4.31 Å². The molecule has 7 nitrogen and oxygen atoms in total. The van der Waals surface area contributed by atoms with Gasteiger partial charge in [0.2, 0.25) is 10.0 Å². The molecular formula is C23H26N4O3S. The number of ether oxygens (including phenoxy) is 1. The highest BCUT2D eigenvalue weighted by atomic mass is 32.2. The molecule has 162 valence electrons. The zero-order chi connectivity index (χ0) is 21.7. The van der Waals surface area contributed by atoms with Gasteiger partial charge < -0.3 is 9.64 Å². The zero-order valence-corrected chi connectivity index (χ0v) is 18.3. The molecule has 0 N–H and O–H groups in total. The van der Waals surface area contributed by atoms with E-state index in [9.17, 15) is 8.42 Å². The molecule has 1 aliphatic heterocycles. The summed E-state index contributed by atoms with van der Waals surface area (Å²) in [5.41, 5.74) is 2.57. The van der Waals surface area contributed by atoms with Crippen LogP contribution in [0.25, 0.3) is 11.3 Å². The van der Waals surface area contributed by atoms with E-state index in [1.165, 1.54) is 0 Å². The van der Waals surface area contributed by atoms with Crippen molar-refractivity contribution in [2.75, 3.05) is 37.7 Å². The predicted octanol–water partition coefficient (Wildman–Crippen LogP) is 3.19. The lowest BCUT2D eigenvalue weighted by atomic mass is 10.1. The Bertz CT molecular complexity index is 1080. The van der Waals surface area contributed by atoms with E-state index in [0.29, 0.717) is 32.8 Å². The molecule has 2 aromatic carbocycles. The molecule has 1 fully saturated rings. The van der Waals surface area contributed by atoms with Gasteiger partial charge in [0.1, 0.15) is 5.75 Å². The van der Waals surface area contributed by atoms with Crippen LogP contribution in [0, 0.1) is 0 Å². The number of hydrogen-bond donors (Lipinski definition) is 0. The number of aromatic nitrogens is 2. The van der Waals surface area contributed by atoms with E-state index < -0.39 is 10.0 Å². The van der Waals surface area contributed by atoms with E-state index in [4.69, 9.17) is 4.74 Å². The monoisotopic (exact) mass is 438 g/mol. The Morgan fingerprint density at radius 2 is 1.58 bits per heavy atom. The Hall–Kier alpha value is -2.97. The third-order valence-corrected chi connectivity index (χ3v) is 7.11. The minimum absolute atomic E-state index is 0.0322. The summed E-state index contributed by atoms with van der Waals surface area (Å²) in [6, 6.07) is 20.9. The Morgan fingerprint density at radius 1 is 0.871 bits per heavy atom. The standard InChI is InChI=1S/C23H26N4O3S/c1-2-30-21-10-8-20(9-11-21)22-12-13-23(25-24-22)26-14-16-27(17-15-26)31(28,29)18-19-6-4-3-5-7-19/h3-13H,2,14-18H2,1H3. The van der Waals surface area contributed by atoms with Gasteiger partial charge in [-0.1, -0.05) is 30.3 Å². The molecule has 8 heteroatoms. The summed E-state index contributed by atoms with van der Waals surface area (Å²) in [5.74, 6) is 1.62. The first-order valence-corrected chi connectivity index (χ1v) is 12.0. The highest BCUT2D eigenvalue weighted by molar-refractivity contribution is 7.88. The molecule has 1 aliphatic rings. The zero-order valence-electron chi connectivity index (χ0n) is 17.5. The Morgan fingerprint density at radius 3 is 2.19 bits per heavy atom. The molecule has 0 bridgehead atoms. The molecule has 0 atom stereocenters. The molecule has 0 unspecified atom stereocenters. The summed E-state index contributed by atoms with van der Waals surface area (Å²) in [6.07, 6.45) is 0. The average Bonchev–Trinajstić information content (AvgIpc) is 2.80. The predicted molar refractivity (Wildman–Crippen MR) is 121 cm³/mol. The second kappa shape index (κ2) is 9.45. The van der Waals surface area contributed by atoms with Crippen molar-refractivity contribution in [1.29, 1.82) is 0 Å².